The van der Waals surface area contributed by atoms with Gasteiger partial charge >= 0.3 is 5.97 Å². The molecule has 0 saturated carbocycles. The van der Waals surface area contributed by atoms with Crippen LogP contribution in [0.1, 0.15) is 22.3 Å². The molecule has 112 valence electrons. The first kappa shape index (κ1) is 16.3. The minimum atomic E-state index is -0.463. The van der Waals surface area contributed by atoms with E-state index in [9.17, 15) is 4.79 Å². The molecular formula is C14H22N2O4. The standard InChI is InChI=1S/C14H22N2O4/c1-10-8-11(13(16)12(15)9-10)14(17)20-5-3-4-19-7-6-18-2/h8-9H,3-7,15-16H2,1-2H3. The van der Waals surface area contributed by atoms with E-state index in [1.54, 1.807) is 19.2 Å². The summed E-state index contributed by atoms with van der Waals surface area (Å²) in [5, 5.41) is 0. The molecule has 0 spiro atoms. The van der Waals surface area contributed by atoms with E-state index in [1.807, 2.05) is 6.92 Å². The lowest BCUT2D eigenvalue weighted by Crippen LogP contribution is -2.12. The van der Waals surface area contributed by atoms with Crippen molar-refractivity contribution < 1.29 is 19.0 Å². The second-order valence-electron chi connectivity index (χ2n) is 4.41. The van der Waals surface area contributed by atoms with E-state index < -0.39 is 5.97 Å². The number of carbonyl (C=O) groups is 1. The number of hydrogen-bond donors (Lipinski definition) is 2. The highest BCUT2D eigenvalue weighted by Gasteiger charge is 2.13. The molecule has 1 aromatic rings. The van der Waals surface area contributed by atoms with Crippen molar-refractivity contribution in [2.24, 2.45) is 0 Å². The van der Waals surface area contributed by atoms with Crippen LogP contribution in [0.2, 0.25) is 0 Å². The summed E-state index contributed by atoms with van der Waals surface area (Å²) in [5.41, 5.74) is 13.3. The molecule has 0 fully saturated rings. The zero-order valence-corrected chi connectivity index (χ0v) is 12.0. The summed E-state index contributed by atoms with van der Waals surface area (Å²) in [6.07, 6.45) is 0.622. The van der Waals surface area contributed by atoms with E-state index in [0.717, 1.165) is 5.56 Å². The van der Waals surface area contributed by atoms with Gasteiger partial charge in [-0.05, 0) is 24.6 Å². The molecule has 20 heavy (non-hydrogen) atoms. The largest absolute Gasteiger partial charge is 0.462 e. The van der Waals surface area contributed by atoms with Gasteiger partial charge in [0, 0.05) is 20.1 Å². The number of anilines is 2. The lowest BCUT2D eigenvalue weighted by molar-refractivity contribution is 0.0386. The first-order valence-electron chi connectivity index (χ1n) is 6.45. The van der Waals surface area contributed by atoms with Crippen LogP contribution in [0.5, 0.6) is 0 Å². The predicted molar refractivity (Wildman–Crippen MR) is 77.6 cm³/mol. The first-order valence-corrected chi connectivity index (χ1v) is 6.45. The number of hydrogen-bond acceptors (Lipinski definition) is 6. The smallest absolute Gasteiger partial charge is 0.340 e. The van der Waals surface area contributed by atoms with Gasteiger partial charge in [-0.1, -0.05) is 0 Å². The summed E-state index contributed by atoms with van der Waals surface area (Å²) >= 11 is 0. The van der Waals surface area contributed by atoms with Crippen LogP contribution >= 0.6 is 0 Å². The van der Waals surface area contributed by atoms with Gasteiger partial charge in [0.05, 0.1) is 36.8 Å². The van der Waals surface area contributed by atoms with E-state index in [4.69, 9.17) is 25.7 Å². The summed E-state index contributed by atoms with van der Waals surface area (Å²) in [6, 6.07) is 3.39. The van der Waals surface area contributed by atoms with Gasteiger partial charge in [0.1, 0.15) is 0 Å². The second-order valence-corrected chi connectivity index (χ2v) is 4.41. The van der Waals surface area contributed by atoms with Crippen LogP contribution in [0.15, 0.2) is 12.1 Å². The highest BCUT2D eigenvalue weighted by Crippen LogP contribution is 2.22. The number of carbonyl (C=O) groups excluding carboxylic acids is 1. The summed E-state index contributed by atoms with van der Waals surface area (Å²) < 4.78 is 15.2. The Hall–Kier alpha value is -1.79. The highest BCUT2D eigenvalue weighted by molar-refractivity contribution is 5.98. The molecule has 0 amide bonds. The normalized spacial score (nSPS) is 10.5. The van der Waals surface area contributed by atoms with Gasteiger partial charge in [-0.3, -0.25) is 0 Å². The van der Waals surface area contributed by atoms with Crippen LogP contribution in [0.3, 0.4) is 0 Å². The first-order chi connectivity index (χ1) is 9.56. The number of esters is 1. The van der Waals surface area contributed by atoms with Gasteiger partial charge in [-0.15, -0.1) is 0 Å². The maximum atomic E-state index is 11.9. The maximum absolute atomic E-state index is 11.9. The van der Waals surface area contributed by atoms with Gasteiger partial charge in [-0.25, -0.2) is 4.79 Å². The predicted octanol–water partition coefficient (Wildman–Crippen LogP) is 1.37. The minimum absolute atomic E-state index is 0.261. The molecule has 0 atom stereocenters. The molecule has 6 nitrogen and oxygen atoms in total. The van der Waals surface area contributed by atoms with Gasteiger partial charge in [-0.2, -0.15) is 0 Å². The Labute approximate surface area is 119 Å². The summed E-state index contributed by atoms with van der Waals surface area (Å²) in [6.45, 7) is 3.72. The summed E-state index contributed by atoms with van der Waals surface area (Å²) in [7, 11) is 1.61. The molecule has 0 heterocycles. The van der Waals surface area contributed by atoms with Crippen molar-refractivity contribution in [2.45, 2.75) is 13.3 Å². The van der Waals surface area contributed by atoms with E-state index in [-0.39, 0.29) is 12.3 Å². The average molecular weight is 282 g/mol. The molecule has 1 rings (SSSR count). The average Bonchev–Trinajstić information content (AvgIpc) is 2.41. The molecule has 0 saturated heterocycles. The molecule has 0 radical (unpaired) electrons. The molecule has 0 aliphatic carbocycles. The Balaban J connectivity index is 2.36. The SMILES string of the molecule is COCCOCCCOC(=O)c1cc(C)cc(N)c1N. The Bertz CT molecular complexity index is 449. The van der Waals surface area contributed by atoms with Crippen molar-refractivity contribution in [2.75, 3.05) is 45.0 Å². The molecule has 0 aromatic heterocycles. The third-order valence-electron chi connectivity index (χ3n) is 2.67. The van der Waals surface area contributed by atoms with Crippen LogP contribution in [-0.4, -0.2) is 39.5 Å². The zero-order chi connectivity index (χ0) is 15.0. The number of ether oxygens (including phenoxy) is 3. The van der Waals surface area contributed by atoms with Crippen molar-refractivity contribution in [1.82, 2.24) is 0 Å². The Morgan fingerprint density at radius 2 is 1.90 bits per heavy atom. The van der Waals surface area contributed by atoms with Crippen LogP contribution in [0.4, 0.5) is 11.4 Å². The van der Waals surface area contributed by atoms with Crippen LogP contribution < -0.4 is 11.5 Å². The Kier molecular flexibility index (Phi) is 6.83. The van der Waals surface area contributed by atoms with Crippen molar-refractivity contribution in [1.29, 1.82) is 0 Å². The molecule has 0 aliphatic heterocycles. The molecule has 0 bridgehead atoms. The summed E-state index contributed by atoms with van der Waals surface area (Å²) in [5.74, 6) is -0.463. The molecule has 1 aromatic carbocycles. The number of nitrogen functional groups attached to an aromatic ring is 2. The fraction of sp³-hybridized carbons (Fsp3) is 0.500. The van der Waals surface area contributed by atoms with E-state index in [2.05, 4.69) is 0 Å². The third-order valence-corrected chi connectivity index (χ3v) is 2.67. The van der Waals surface area contributed by atoms with E-state index in [0.29, 0.717) is 37.5 Å². The Morgan fingerprint density at radius 3 is 2.60 bits per heavy atom. The van der Waals surface area contributed by atoms with Crippen LogP contribution in [0.25, 0.3) is 0 Å². The second kappa shape index (κ2) is 8.39. The number of methoxy groups -OCH3 is 1. The number of aryl methyl sites for hydroxylation is 1. The quantitative estimate of drug-likeness (QED) is 0.424. The molecule has 0 unspecified atom stereocenters. The minimum Gasteiger partial charge on any atom is -0.462 e. The van der Waals surface area contributed by atoms with E-state index in [1.165, 1.54) is 0 Å². The molecular weight excluding hydrogens is 260 g/mol. The van der Waals surface area contributed by atoms with Crippen molar-refractivity contribution >= 4 is 17.3 Å². The van der Waals surface area contributed by atoms with Gasteiger partial charge in [0.2, 0.25) is 0 Å². The number of benzene rings is 1. The lowest BCUT2D eigenvalue weighted by atomic mass is 10.1. The maximum Gasteiger partial charge on any atom is 0.340 e. The molecule has 4 N–H and O–H groups in total. The van der Waals surface area contributed by atoms with Crippen molar-refractivity contribution in [3.63, 3.8) is 0 Å². The van der Waals surface area contributed by atoms with Crippen LogP contribution in [0, 0.1) is 6.92 Å². The third kappa shape index (κ3) is 5.07. The lowest BCUT2D eigenvalue weighted by Gasteiger charge is -2.10. The van der Waals surface area contributed by atoms with Crippen LogP contribution in [-0.2, 0) is 14.2 Å². The fourth-order valence-corrected chi connectivity index (χ4v) is 1.64. The van der Waals surface area contributed by atoms with Gasteiger partial charge in [0.25, 0.3) is 0 Å². The highest BCUT2D eigenvalue weighted by atomic mass is 16.5. The Morgan fingerprint density at radius 1 is 1.15 bits per heavy atom. The van der Waals surface area contributed by atoms with Gasteiger partial charge < -0.3 is 25.7 Å². The topological polar surface area (TPSA) is 96.8 Å². The number of rotatable bonds is 8. The zero-order valence-electron chi connectivity index (χ0n) is 12.0. The summed E-state index contributed by atoms with van der Waals surface area (Å²) in [4.78, 5) is 11.9. The van der Waals surface area contributed by atoms with Gasteiger partial charge in [0.15, 0.2) is 0 Å². The molecule has 0 aliphatic rings. The van der Waals surface area contributed by atoms with Crippen molar-refractivity contribution in [3.8, 4) is 0 Å². The monoisotopic (exact) mass is 282 g/mol. The fourth-order valence-electron chi connectivity index (χ4n) is 1.64. The van der Waals surface area contributed by atoms with E-state index >= 15 is 0 Å². The molecule has 6 heteroatoms. The number of nitrogens with two attached hydrogens (primary N) is 2. The van der Waals surface area contributed by atoms with Crippen molar-refractivity contribution in [3.05, 3.63) is 23.3 Å².